The van der Waals surface area contributed by atoms with Crippen molar-refractivity contribution in [2.75, 3.05) is 10.8 Å². The quantitative estimate of drug-likeness (QED) is 0.326. The lowest BCUT2D eigenvalue weighted by atomic mass is 10.1. The number of benzene rings is 3. The average Bonchev–Trinajstić information content (AvgIpc) is 2.85. The first-order chi connectivity index (χ1) is 18.3. The van der Waals surface area contributed by atoms with Gasteiger partial charge in [0.2, 0.25) is 11.8 Å². The van der Waals surface area contributed by atoms with Crippen LogP contribution in [0.15, 0.2) is 71.6 Å². The van der Waals surface area contributed by atoms with E-state index in [4.69, 9.17) is 23.2 Å². The molecule has 10 heteroatoms. The van der Waals surface area contributed by atoms with E-state index in [0.717, 1.165) is 21.0 Å². The third-order valence-corrected chi connectivity index (χ3v) is 8.45. The first-order valence-corrected chi connectivity index (χ1v) is 14.7. The van der Waals surface area contributed by atoms with Gasteiger partial charge in [-0.05, 0) is 76.1 Å². The van der Waals surface area contributed by atoms with Crippen LogP contribution in [0.1, 0.15) is 37.5 Å². The molecule has 0 unspecified atom stereocenters. The van der Waals surface area contributed by atoms with Crippen LogP contribution in [0.25, 0.3) is 0 Å². The standard InChI is InChI=1S/C29H33Cl2N3O4S/c1-19(2)32-29(36)22(5)33(17-23-9-7-6-8-21(23)4)28(35)18-34(26-15-24(30)14-25(31)16-26)39(37,38)27-12-10-20(3)11-13-27/h6-16,19,22H,17-18H2,1-5H3,(H,32,36)/t22-/m0/s1. The Kier molecular flexibility index (Phi) is 10.0. The Balaban J connectivity index is 2.08. The number of nitrogens with one attached hydrogen (secondary N) is 1. The highest BCUT2D eigenvalue weighted by Gasteiger charge is 2.33. The Morgan fingerprint density at radius 2 is 1.49 bits per heavy atom. The van der Waals surface area contributed by atoms with Gasteiger partial charge in [0.05, 0.1) is 10.6 Å². The lowest BCUT2D eigenvalue weighted by Crippen LogP contribution is -2.52. The van der Waals surface area contributed by atoms with Crippen LogP contribution in [0, 0.1) is 13.8 Å². The number of carbonyl (C=O) groups excluding carboxylic acids is 2. The van der Waals surface area contributed by atoms with Gasteiger partial charge >= 0.3 is 0 Å². The van der Waals surface area contributed by atoms with Gasteiger partial charge in [-0.2, -0.15) is 0 Å². The molecule has 208 valence electrons. The highest BCUT2D eigenvalue weighted by Crippen LogP contribution is 2.30. The van der Waals surface area contributed by atoms with Crippen molar-refractivity contribution in [1.29, 1.82) is 0 Å². The van der Waals surface area contributed by atoms with Gasteiger partial charge in [-0.15, -0.1) is 0 Å². The molecular formula is C29H33Cl2N3O4S. The van der Waals surface area contributed by atoms with Gasteiger partial charge in [0.15, 0.2) is 0 Å². The van der Waals surface area contributed by atoms with Crippen molar-refractivity contribution in [2.24, 2.45) is 0 Å². The summed E-state index contributed by atoms with van der Waals surface area (Å²) in [6.07, 6.45) is 0. The summed E-state index contributed by atoms with van der Waals surface area (Å²) in [6, 6.07) is 17.2. The zero-order valence-electron chi connectivity index (χ0n) is 22.6. The molecule has 0 fully saturated rings. The second kappa shape index (κ2) is 12.9. The van der Waals surface area contributed by atoms with Crippen LogP contribution in [-0.2, 0) is 26.2 Å². The zero-order chi connectivity index (χ0) is 28.9. The minimum Gasteiger partial charge on any atom is -0.352 e. The zero-order valence-corrected chi connectivity index (χ0v) is 24.9. The Labute approximate surface area is 240 Å². The first kappa shape index (κ1) is 30.5. The van der Waals surface area contributed by atoms with Crippen molar-refractivity contribution in [1.82, 2.24) is 10.2 Å². The van der Waals surface area contributed by atoms with Crippen LogP contribution in [0.4, 0.5) is 5.69 Å². The fraction of sp³-hybridized carbons (Fsp3) is 0.310. The number of hydrogen-bond acceptors (Lipinski definition) is 4. The van der Waals surface area contributed by atoms with E-state index in [1.54, 1.807) is 19.1 Å². The smallest absolute Gasteiger partial charge is 0.264 e. The second-order valence-corrected chi connectivity index (χ2v) is 12.5. The molecule has 3 aromatic carbocycles. The summed E-state index contributed by atoms with van der Waals surface area (Å²) in [6.45, 7) is 8.60. The number of amides is 2. The Morgan fingerprint density at radius 1 is 0.897 bits per heavy atom. The van der Waals surface area contributed by atoms with Gasteiger partial charge in [-0.25, -0.2) is 8.42 Å². The molecule has 2 amide bonds. The molecule has 0 spiro atoms. The number of sulfonamides is 1. The van der Waals surface area contributed by atoms with Crippen LogP contribution < -0.4 is 9.62 Å². The molecule has 0 aliphatic carbocycles. The highest BCUT2D eigenvalue weighted by atomic mass is 35.5. The Bertz CT molecular complexity index is 1420. The molecule has 0 aromatic heterocycles. The Morgan fingerprint density at radius 3 is 2.05 bits per heavy atom. The predicted octanol–water partition coefficient (Wildman–Crippen LogP) is 5.75. The lowest BCUT2D eigenvalue weighted by molar-refractivity contribution is -0.139. The van der Waals surface area contributed by atoms with Gasteiger partial charge < -0.3 is 10.2 Å². The maximum atomic E-state index is 14.0. The van der Waals surface area contributed by atoms with Crippen molar-refractivity contribution >= 4 is 50.7 Å². The molecule has 7 nitrogen and oxygen atoms in total. The van der Waals surface area contributed by atoms with E-state index in [0.29, 0.717) is 0 Å². The number of anilines is 1. The molecule has 0 aliphatic heterocycles. The molecule has 0 saturated carbocycles. The monoisotopic (exact) mass is 589 g/mol. The van der Waals surface area contributed by atoms with Gasteiger partial charge in [-0.3, -0.25) is 13.9 Å². The molecule has 39 heavy (non-hydrogen) atoms. The molecule has 3 aromatic rings. The van der Waals surface area contributed by atoms with E-state index >= 15 is 0 Å². The topological polar surface area (TPSA) is 86.8 Å². The fourth-order valence-corrected chi connectivity index (χ4v) is 5.92. The number of carbonyl (C=O) groups is 2. The molecule has 0 aliphatic rings. The summed E-state index contributed by atoms with van der Waals surface area (Å²) >= 11 is 12.4. The molecule has 0 heterocycles. The predicted molar refractivity (Wildman–Crippen MR) is 157 cm³/mol. The van der Waals surface area contributed by atoms with E-state index in [9.17, 15) is 18.0 Å². The normalized spacial score (nSPS) is 12.2. The third-order valence-electron chi connectivity index (χ3n) is 6.22. The summed E-state index contributed by atoms with van der Waals surface area (Å²) in [4.78, 5) is 28.3. The van der Waals surface area contributed by atoms with E-state index < -0.39 is 28.5 Å². The van der Waals surface area contributed by atoms with Gasteiger partial charge in [0.25, 0.3) is 10.0 Å². The van der Waals surface area contributed by atoms with Crippen LogP contribution in [0.2, 0.25) is 10.0 Å². The van der Waals surface area contributed by atoms with Crippen LogP contribution >= 0.6 is 23.2 Å². The molecular weight excluding hydrogens is 557 g/mol. The maximum absolute atomic E-state index is 14.0. The van der Waals surface area contributed by atoms with Gasteiger partial charge in [-0.1, -0.05) is 65.2 Å². The van der Waals surface area contributed by atoms with E-state index in [-0.39, 0.29) is 39.1 Å². The number of rotatable bonds is 10. The summed E-state index contributed by atoms with van der Waals surface area (Å²) in [7, 11) is -4.21. The summed E-state index contributed by atoms with van der Waals surface area (Å²) in [5, 5.41) is 3.28. The number of hydrogen-bond donors (Lipinski definition) is 1. The summed E-state index contributed by atoms with van der Waals surface area (Å²) < 4.78 is 28.7. The van der Waals surface area contributed by atoms with E-state index in [1.165, 1.54) is 35.2 Å². The number of aryl methyl sites for hydroxylation is 2. The molecule has 1 N–H and O–H groups in total. The molecule has 3 rings (SSSR count). The third kappa shape index (κ3) is 7.75. The van der Waals surface area contributed by atoms with E-state index in [2.05, 4.69) is 5.32 Å². The molecule has 1 atom stereocenters. The summed E-state index contributed by atoms with van der Waals surface area (Å²) in [5.41, 5.74) is 2.81. The summed E-state index contributed by atoms with van der Waals surface area (Å²) in [5.74, 6) is -0.901. The van der Waals surface area contributed by atoms with Gasteiger partial charge in [0, 0.05) is 22.6 Å². The van der Waals surface area contributed by atoms with Crippen molar-refractivity contribution < 1.29 is 18.0 Å². The second-order valence-electron chi connectivity index (χ2n) is 9.74. The largest absolute Gasteiger partial charge is 0.352 e. The minimum atomic E-state index is -4.21. The molecule has 0 saturated heterocycles. The molecule has 0 bridgehead atoms. The fourth-order valence-electron chi connectivity index (χ4n) is 4.01. The molecule has 0 radical (unpaired) electrons. The SMILES string of the molecule is Cc1ccc(S(=O)(=O)N(CC(=O)N(Cc2ccccc2C)[C@@H](C)C(=O)NC(C)C)c2cc(Cl)cc(Cl)c2)cc1. The highest BCUT2D eigenvalue weighted by molar-refractivity contribution is 7.92. The number of halogens is 2. The first-order valence-electron chi connectivity index (χ1n) is 12.5. The average molecular weight is 591 g/mol. The lowest BCUT2D eigenvalue weighted by Gasteiger charge is -2.32. The number of nitrogens with zero attached hydrogens (tertiary/aromatic N) is 2. The van der Waals surface area contributed by atoms with Crippen LogP contribution in [-0.4, -0.2) is 43.8 Å². The van der Waals surface area contributed by atoms with Crippen LogP contribution in [0.3, 0.4) is 0 Å². The Hall–Kier alpha value is -3.07. The minimum absolute atomic E-state index is 0.00745. The van der Waals surface area contributed by atoms with Crippen molar-refractivity contribution in [3.63, 3.8) is 0 Å². The van der Waals surface area contributed by atoms with Crippen molar-refractivity contribution in [3.05, 3.63) is 93.5 Å². The van der Waals surface area contributed by atoms with Gasteiger partial charge in [0.1, 0.15) is 12.6 Å². The van der Waals surface area contributed by atoms with Crippen molar-refractivity contribution in [3.8, 4) is 0 Å². The van der Waals surface area contributed by atoms with Crippen molar-refractivity contribution in [2.45, 2.75) is 58.1 Å². The van der Waals surface area contributed by atoms with Crippen LogP contribution in [0.5, 0.6) is 0 Å². The van der Waals surface area contributed by atoms with E-state index in [1.807, 2.05) is 52.0 Å². The maximum Gasteiger partial charge on any atom is 0.264 e.